The fourth-order valence-electron chi connectivity index (χ4n) is 10.7. The van der Waals surface area contributed by atoms with E-state index in [9.17, 15) is 19.5 Å². The van der Waals surface area contributed by atoms with Crippen LogP contribution in [0.25, 0.3) is 0 Å². The smallest absolute Gasteiger partial charge is 0.361 e. The van der Waals surface area contributed by atoms with Crippen molar-refractivity contribution in [1.29, 1.82) is 0 Å². The summed E-state index contributed by atoms with van der Waals surface area (Å²) < 4.78 is 23.0. The largest absolute Gasteiger partial charge is 0.477 e. The SMILES string of the molecule is CC/C=C\C/C=C\C/C=C\C/C=C\CCCCCCCCCCCCCCCCCCCCCCCCCCCCC(=O)OC(COC(=O)CCCCCCCCCCCCCCCCCCCCC)COC(OCC[N+](C)(C)C)C(=O)O. The summed E-state index contributed by atoms with van der Waals surface area (Å²) in [6, 6.07) is 0. The molecule has 0 saturated carbocycles. The molecule has 0 rings (SSSR count). The number of carbonyl (C=O) groups excluding carboxylic acids is 2. The number of quaternary nitrogens is 1. The summed E-state index contributed by atoms with van der Waals surface area (Å²) in [4.78, 5) is 37.6. The first kappa shape index (κ1) is 80.2. The van der Waals surface area contributed by atoms with Crippen LogP contribution in [0.15, 0.2) is 48.6 Å². The van der Waals surface area contributed by atoms with Gasteiger partial charge in [-0.3, -0.25) is 9.59 Å². The normalized spacial score (nSPS) is 12.9. The molecule has 0 spiro atoms. The number of nitrogens with zero attached hydrogens (tertiary/aromatic N) is 1. The van der Waals surface area contributed by atoms with Gasteiger partial charge in [-0.1, -0.05) is 332 Å². The molecule has 0 fully saturated rings. The van der Waals surface area contributed by atoms with Crippen LogP contribution in [0.1, 0.15) is 348 Å². The second-order valence-corrected chi connectivity index (χ2v) is 25.5. The molecule has 0 aliphatic carbocycles. The highest BCUT2D eigenvalue weighted by Crippen LogP contribution is 2.19. The Morgan fingerprint density at radius 3 is 1.02 bits per heavy atom. The lowest BCUT2D eigenvalue weighted by molar-refractivity contribution is -0.870. The van der Waals surface area contributed by atoms with E-state index in [0.717, 1.165) is 64.2 Å². The lowest BCUT2D eigenvalue weighted by Gasteiger charge is -2.25. The van der Waals surface area contributed by atoms with Crippen LogP contribution in [0.5, 0.6) is 0 Å². The van der Waals surface area contributed by atoms with Gasteiger partial charge in [0.2, 0.25) is 0 Å². The molecule has 0 bridgehead atoms. The van der Waals surface area contributed by atoms with Crippen LogP contribution in [0, 0.1) is 0 Å². The zero-order chi connectivity index (χ0) is 60.5. The molecule has 0 aromatic carbocycles. The Balaban J connectivity index is 3.95. The van der Waals surface area contributed by atoms with Crippen molar-refractivity contribution in [3.63, 3.8) is 0 Å². The van der Waals surface area contributed by atoms with Gasteiger partial charge in [0.25, 0.3) is 6.29 Å². The summed E-state index contributed by atoms with van der Waals surface area (Å²) in [5.74, 6) is -1.97. The molecule has 9 nitrogen and oxygen atoms in total. The van der Waals surface area contributed by atoms with E-state index < -0.39 is 18.4 Å². The van der Waals surface area contributed by atoms with Gasteiger partial charge in [-0.2, -0.15) is 0 Å². The number of rotatable bonds is 67. The van der Waals surface area contributed by atoms with E-state index in [1.165, 1.54) is 257 Å². The monoisotopic (exact) mass is 1170 g/mol. The van der Waals surface area contributed by atoms with Gasteiger partial charge in [0, 0.05) is 12.8 Å². The summed E-state index contributed by atoms with van der Waals surface area (Å²) in [7, 11) is 5.99. The van der Waals surface area contributed by atoms with Gasteiger partial charge < -0.3 is 28.5 Å². The summed E-state index contributed by atoms with van der Waals surface area (Å²) in [5, 5.41) is 9.74. The third-order valence-corrected chi connectivity index (χ3v) is 16.1. The van der Waals surface area contributed by atoms with Gasteiger partial charge in [-0.15, -0.1) is 0 Å². The molecule has 9 heteroatoms. The molecule has 1 N–H and O–H groups in total. The predicted molar refractivity (Wildman–Crippen MR) is 355 cm³/mol. The first-order valence-corrected chi connectivity index (χ1v) is 35.8. The maximum Gasteiger partial charge on any atom is 0.361 e. The van der Waals surface area contributed by atoms with Crippen molar-refractivity contribution in [2.24, 2.45) is 0 Å². The van der Waals surface area contributed by atoms with Crippen LogP contribution in [0.3, 0.4) is 0 Å². The minimum Gasteiger partial charge on any atom is -0.477 e. The Kier molecular flexibility index (Phi) is 63.1. The van der Waals surface area contributed by atoms with Crippen molar-refractivity contribution in [3.8, 4) is 0 Å². The quantitative estimate of drug-likeness (QED) is 0.0211. The lowest BCUT2D eigenvalue weighted by Crippen LogP contribution is -2.40. The molecule has 2 unspecified atom stereocenters. The lowest BCUT2D eigenvalue weighted by atomic mass is 10.0. The highest BCUT2D eigenvalue weighted by molar-refractivity contribution is 5.71. The third-order valence-electron chi connectivity index (χ3n) is 16.1. The molecule has 0 aliphatic heterocycles. The molecular weight excluding hydrogens is 1030 g/mol. The highest BCUT2D eigenvalue weighted by atomic mass is 16.7. The minimum atomic E-state index is -1.51. The molecule has 83 heavy (non-hydrogen) atoms. The molecule has 0 heterocycles. The van der Waals surface area contributed by atoms with Gasteiger partial charge in [-0.05, 0) is 51.4 Å². The van der Waals surface area contributed by atoms with Crippen molar-refractivity contribution in [1.82, 2.24) is 0 Å². The summed E-state index contributed by atoms with van der Waals surface area (Å²) in [6.07, 6.45) is 81.0. The Hall–Kier alpha value is -2.75. The minimum absolute atomic E-state index is 0.175. The van der Waals surface area contributed by atoms with E-state index in [2.05, 4.69) is 62.5 Å². The zero-order valence-electron chi connectivity index (χ0n) is 55.6. The number of carboxylic acids is 1. The van der Waals surface area contributed by atoms with E-state index >= 15 is 0 Å². The molecule has 0 aliphatic rings. The molecular formula is C74H138NO8+. The van der Waals surface area contributed by atoms with Crippen LogP contribution in [0.4, 0.5) is 0 Å². The number of hydrogen-bond acceptors (Lipinski definition) is 7. The molecule has 0 saturated heterocycles. The standard InChI is InChI=1S/C74H137NO8/c1-6-8-10-12-14-16-18-20-22-24-26-27-28-29-30-31-32-33-34-35-36-37-38-39-40-41-42-43-44-45-47-49-51-53-55-57-59-61-63-65-72(77)83-70(69-82-74(73(78)79)80-67-66-75(3,4)5)68-81-71(76)64-62-60-58-56-54-52-50-48-46-25-23-21-19-17-15-13-11-9-7-2/h8,10,14,16,20,22,26-27,70,74H,6-7,9,11-13,15,17-19,21,23-25,28-69H2,1-5H3/p+1/b10-8-,16-14-,22-20-,27-26-. The highest BCUT2D eigenvalue weighted by Gasteiger charge is 2.25. The number of unbranched alkanes of at least 4 members (excludes halogenated alkanes) is 44. The summed E-state index contributed by atoms with van der Waals surface area (Å²) >= 11 is 0. The number of hydrogen-bond donors (Lipinski definition) is 1. The van der Waals surface area contributed by atoms with Crippen LogP contribution < -0.4 is 0 Å². The topological polar surface area (TPSA) is 108 Å². The number of aliphatic carboxylic acids is 1. The average molecular weight is 1170 g/mol. The van der Waals surface area contributed by atoms with Gasteiger partial charge in [0.1, 0.15) is 13.2 Å². The maximum atomic E-state index is 12.9. The van der Waals surface area contributed by atoms with E-state index in [4.69, 9.17) is 18.9 Å². The number of carboxylic acid groups (broad SMARTS) is 1. The predicted octanol–water partition coefficient (Wildman–Crippen LogP) is 22.1. The molecule has 486 valence electrons. The van der Waals surface area contributed by atoms with Crippen LogP contribution >= 0.6 is 0 Å². The van der Waals surface area contributed by atoms with Gasteiger partial charge in [0.15, 0.2) is 6.10 Å². The van der Waals surface area contributed by atoms with Crippen molar-refractivity contribution < 1.29 is 42.9 Å². The number of ether oxygens (including phenoxy) is 4. The van der Waals surface area contributed by atoms with E-state index in [-0.39, 0.29) is 38.2 Å². The van der Waals surface area contributed by atoms with E-state index in [1.54, 1.807) is 0 Å². The number of allylic oxidation sites excluding steroid dienone is 8. The van der Waals surface area contributed by atoms with Gasteiger partial charge in [0.05, 0.1) is 34.4 Å². The fourth-order valence-corrected chi connectivity index (χ4v) is 10.7. The second kappa shape index (κ2) is 65.2. The van der Waals surface area contributed by atoms with Crippen LogP contribution in [-0.2, 0) is 33.3 Å². The number of esters is 2. The summed E-state index contributed by atoms with van der Waals surface area (Å²) in [5.41, 5.74) is 0. The molecule has 0 aromatic rings. The zero-order valence-corrected chi connectivity index (χ0v) is 55.6. The Morgan fingerprint density at radius 2 is 0.687 bits per heavy atom. The summed E-state index contributed by atoms with van der Waals surface area (Å²) in [6.45, 7) is 4.83. The Morgan fingerprint density at radius 1 is 0.373 bits per heavy atom. The third kappa shape index (κ3) is 66.6. The fraction of sp³-hybridized carbons (Fsp3) is 0.851. The molecule has 0 aromatic heterocycles. The average Bonchev–Trinajstić information content (AvgIpc) is 3.46. The van der Waals surface area contributed by atoms with Crippen LogP contribution in [0.2, 0.25) is 0 Å². The Bertz CT molecular complexity index is 1500. The maximum absolute atomic E-state index is 12.9. The second-order valence-electron chi connectivity index (χ2n) is 25.5. The van der Waals surface area contributed by atoms with Gasteiger partial charge in [-0.25, -0.2) is 4.79 Å². The molecule has 2 atom stereocenters. The van der Waals surface area contributed by atoms with Crippen LogP contribution in [-0.4, -0.2) is 87.4 Å². The van der Waals surface area contributed by atoms with Crippen molar-refractivity contribution in [2.75, 3.05) is 47.5 Å². The van der Waals surface area contributed by atoms with Crippen molar-refractivity contribution >= 4 is 17.9 Å². The first-order valence-electron chi connectivity index (χ1n) is 35.8. The van der Waals surface area contributed by atoms with E-state index in [0.29, 0.717) is 17.4 Å². The molecule has 0 amide bonds. The van der Waals surface area contributed by atoms with Gasteiger partial charge >= 0.3 is 17.9 Å². The first-order chi connectivity index (χ1) is 40.6. The molecule has 0 radical (unpaired) electrons. The van der Waals surface area contributed by atoms with Crippen molar-refractivity contribution in [3.05, 3.63) is 48.6 Å². The number of likely N-dealkylation sites (N-methyl/N-ethyl adjacent to an activating group) is 1. The van der Waals surface area contributed by atoms with E-state index in [1.807, 2.05) is 21.1 Å². The van der Waals surface area contributed by atoms with Crippen molar-refractivity contribution in [2.45, 2.75) is 360 Å². The number of carbonyl (C=O) groups is 3. The Labute approximate surface area is 514 Å².